The highest BCUT2D eigenvalue weighted by Crippen LogP contribution is 2.23. The van der Waals surface area contributed by atoms with Crippen LogP contribution >= 0.6 is 0 Å². The maximum Gasteiger partial charge on any atom is 0.224 e. The van der Waals surface area contributed by atoms with Crippen molar-refractivity contribution >= 4 is 16.8 Å². The van der Waals surface area contributed by atoms with Crippen LogP contribution in [0.5, 0.6) is 0 Å². The third-order valence-electron chi connectivity index (χ3n) is 4.20. The first-order valence-electron chi connectivity index (χ1n) is 8.11. The molecule has 3 N–H and O–H groups in total. The molecule has 2 aromatic heterocycles. The second kappa shape index (κ2) is 6.93. The molecule has 1 amide bonds. The average Bonchev–Trinajstić information content (AvgIpc) is 3.17. The first-order valence-corrected chi connectivity index (χ1v) is 8.11. The Morgan fingerprint density at radius 2 is 2.17 bits per heavy atom. The summed E-state index contributed by atoms with van der Waals surface area (Å²) in [5, 5.41) is 14.1. The summed E-state index contributed by atoms with van der Waals surface area (Å²) in [4.78, 5) is 15.5. The Morgan fingerprint density at radius 3 is 2.92 bits per heavy atom. The van der Waals surface area contributed by atoms with Crippen molar-refractivity contribution in [2.24, 2.45) is 0 Å². The zero-order chi connectivity index (χ0) is 17.1. The second-order valence-corrected chi connectivity index (χ2v) is 6.22. The summed E-state index contributed by atoms with van der Waals surface area (Å²) >= 11 is 0. The van der Waals surface area contributed by atoms with Crippen molar-refractivity contribution in [1.82, 2.24) is 10.3 Å². The fourth-order valence-corrected chi connectivity index (χ4v) is 3.08. The van der Waals surface area contributed by atoms with Crippen molar-refractivity contribution in [2.45, 2.75) is 38.8 Å². The molecule has 24 heavy (non-hydrogen) atoms. The van der Waals surface area contributed by atoms with Crippen LogP contribution in [-0.4, -0.2) is 22.0 Å². The molecule has 0 saturated heterocycles. The van der Waals surface area contributed by atoms with Gasteiger partial charge < -0.3 is 19.8 Å². The zero-order valence-electron chi connectivity index (χ0n) is 13.9. The van der Waals surface area contributed by atoms with Gasteiger partial charge in [0.15, 0.2) is 0 Å². The van der Waals surface area contributed by atoms with Crippen molar-refractivity contribution in [3.8, 4) is 0 Å². The summed E-state index contributed by atoms with van der Waals surface area (Å²) in [6.07, 6.45) is 3.42. The molecule has 2 atom stereocenters. The third-order valence-corrected chi connectivity index (χ3v) is 4.20. The molecule has 2 unspecified atom stereocenters. The molecule has 0 spiro atoms. The number of aromatic nitrogens is 1. The van der Waals surface area contributed by atoms with Gasteiger partial charge in [-0.2, -0.15) is 0 Å². The number of hydrogen-bond donors (Lipinski definition) is 3. The molecule has 126 valence electrons. The van der Waals surface area contributed by atoms with E-state index in [2.05, 4.69) is 10.3 Å². The quantitative estimate of drug-likeness (QED) is 0.651. The van der Waals surface area contributed by atoms with Crippen molar-refractivity contribution in [2.75, 3.05) is 0 Å². The van der Waals surface area contributed by atoms with Gasteiger partial charge in [-0.3, -0.25) is 4.79 Å². The van der Waals surface area contributed by atoms with Gasteiger partial charge in [0, 0.05) is 29.6 Å². The van der Waals surface area contributed by atoms with Gasteiger partial charge in [0.05, 0.1) is 12.7 Å². The van der Waals surface area contributed by atoms with Crippen LogP contribution in [0.25, 0.3) is 10.9 Å². The van der Waals surface area contributed by atoms with E-state index in [1.165, 1.54) is 6.26 Å². The SMILES string of the molecule is Cc1cccc2[nH]cc(CC(=O)NC(C)CC(O)c3ccco3)c12. The van der Waals surface area contributed by atoms with Crippen LogP contribution in [0.4, 0.5) is 0 Å². The van der Waals surface area contributed by atoms with E-state index in [-0.39, 0.29) is 11.9 Å². The van der Waals surface area contributed by atoms with Crippen LogP contribution in [-0.2, 0) is 11.2 Å². The molecule has 1 aromatic carbocycles. The van der Waals surface area contributed by atoms with Crippen molar-refractivity contribution < 1.29 is 14.3 Å². The Labute approximate surface area is 140 Å². The number of nitrogens with one attached hydrogen (secondary N) is 2. The molecule has 0 radical (unpaired) electrons. The number of aromatic amines is 1. The van der Waals surface area contributed by atoms with Gasteiger partial charge in [-0.1, -0.05) is 12.1 Å². The number of fused-ring (bicyclic) bond motifs is 1. The second-order valence-electron chi connectivity index (χ2n) is 6.22. The van der Waals surface area contributed by atoms with Crippen LogP contribution in [0.2, 0.25) is 0 Å². The monoisotopic (exact) mass is 326 g/mol. The minimum atomic E-state index is -0.717. The first kappa shape index (κ1) is 16.3. The Morgan fingerprint density at radius 1 is 1.33 bits per heavy atom. The summed E-state index contributed by atoms with van der Waals surface area (Å²) in [5.41, 5.74) is 3.18. The molecule has 0 bridgehead atoms. The maximum absolute atomic E-state index is 12.3. The lowest BCUT2D eigenvalue weighted by molar-refractivity contribution is -0.121. The fourth-order valence-electron chi connectivity index (χ4n) is 3.08. The summed E-state index contributed by atoms with van der Waals surface area (Å²) in [7, 11) is 0. The minimum absolute atomic E-state index is 0.0571. The molecule has 3 aromatic rings. The number of aliphatic hydroxyl groups is 1. The molecule has 2 heterocycles. The molecule has 3 rings (SSSR count). The zero-order valence-corrected chi connectivity index (χ0v) is 13.9. The van der Waals surface area contributed by atoms with Gasteiger partial charge in [0.2, 0.25) is 5.91 Å². The van der Waals surface area contributed by atoms with Crippen LogP contribution in [0.1, 0.15) is 36.3 Å². The van der Waals surface area contributed by atoms with E-state index in [0.717, 1.165) is 22.0 Å². The van der Waals surface area contributed by atoms with Gasteiger partial charge in [-0.05, 0) is 43.2 Å². The number of H-pyrrole nitrogens is 1. The van der Waals surface area contributed by atoms with E-state index in [4.69, 9.17) is 4.42 Å². The van der Waals surface area contributed by atoms with Crippen LogP contribution < -0.4 is 5.32 Å². The van der Waals surface area contributed by atoms with Crippen LogP contribution in [0.3, 0.4) is 0 Å². The van der Waals surface area contributed by atoms with Crippen molar-refractivity contribution in [3.05, 3.63) is 59.7 Å². The minimum Gasteiger partial charge on any atom is -0.467 e. The molecule has 0 aliphatic heterocycles. The molecule has 5 heteroatoms. The maximum atomic E-state index is 12.3. The van der Waals surface area contributed by atoms with E-state index in [1.54, 1.807) is 12.1 Å². The largest absolute Gasteiger partial charge is 0.467 e. The molecular weight excluding hydrogens is 304 g/mol. The number of aliphatic hydroxyl groups excluding tert-OH is 1. The molecule has 0 fully saturated rings. The van der Waals surface area contributed by atoms with E-state index in [9.17, 15) is 9.90 Å². The Bertz CT molecular complexity index is 820. The normalized spacial score (nSPS) is 13.8. The first-order chi connectivity index (χ1) is 11.5. The topological polar surface area (TPSA) is 78.3 Å². The molecule has 0 aliphatic carbocycles. The summed E-state index contributed by atoms with van der Waals surface area (Å²) in [6.45, 7) is 3.92. The lowest BCUT2D eigenvalue weighted by atomic mass is 10.0. The van der Waals surface area contributed by atoms with Crippen LogP contribution in [0, 0.1) is 6.92 Å². The molecule has 5 nitrogen and oxygen atoms in total. The number of furan rings is 1. The van der Waals surface area contributed by atoms with Crippen molar-refractivity contribution in [1.29, 1.82) is 0 Å². The number of aryl methyl sites for hydroxylation is 1. The van der Waals surface area contributed by atoms with Gasteiger partial charge in [-0.15, -0.1) is 0 Å². The van der Waals surface area contributed by atoms with Gasteiger partial charge >= 0.3 is 0 Å². The number of hydrogen-bond acceptors (Lipinski definition) is 3. The summed E-state index contributed by atoms with van der Waals surface area (Å²) in [5.74, 6) is 0.460. The highest BCUT2D eigenvalue weighted by Gasteiger charge is 2.17. The Hall–Kier alpha value is -2.53. The van der Waals surface area contributed by atoms with E-state index >= 15 is 0 Å². The molecule has 0 saturated carbocycles. The number of carbonyl (C=O) groups is 1. The van der Waals surface area contributed by atoms with Gasteiger partial charge in [-0.25, -0.2) is 0 Å². The van der Waals surface area contributed by atoms with Gasteiger partial charge in [0.1, 0.15) is 11.9 Å². The van der Waals surface area contributed by atoms with E-state index < -0.39 is 6.10 Å². The Balaban J connectivity index is 1.60. The van der Waals surface area contributed by atoms with E-state index in [1.807, 2.05) is 38.2 Å². The standard InChI is InChI=1S/C19H22N2O3/c1-12-5-3-6-15-19(12)14(11-20-15)10-18(23)21-13(2)9-16(22)17-7-4-8-24-17/h3-8,11,13,16,20,22H,9-10H2,1-2H3,(H,21,23). The highest BCUT2D eigenvalue weighted by molar-refractivity contribution is 5.91. The molecule has 0 aliphatic rings. The van der Waals surface area contributed by atoms with E-state index in [0.29, 0.717) is 18.6 Å². The third kappa shape index (κ3) is 3.51. The smallest absolute Gasteiger partial charge is 0.224 e. The Kier molecular flexibility index (Phi) is 4.71. The summed E-state index contributed by atoms with van der Waals surface area (Å²) < 4.78 is 5.18. The predicted octanol–water partition coefficient (Wildman–Crippen LogP) is 3.24. The van der Waals surface area contributed by atoms with Crippen molar-refractivity contribution in [3.63, 3.8) is 0 Å². The fraction of sp³-hybridized carbons (Fsp3) is 0.316. The average molecular weight is 326 g/mol. The number of amides is 1. The summed E-state index contributed by atoms with van der Waals surface area (Å²) in [6, 6.07) is 9.36. The number of carbonyl (C=O) groups excluding carboxylic acids is 1. The molecular formula is C19H22N2O3. The lowest BCUT2D eigenvalue weighted by Gasteiger charge is -2.16. The van der Waals surface area contributed by atoms with Gasteiger partial charge in [0.25, 0.3) is 0 Å². The number of rotatable bonds is 6. The highest BCUT2D eigenvalue weighted by atomic mass is 16.4. The lowest BCUT2D eigenvalue weighted by Crippen LogP contribution is -2.34. The predicted molar refractivity (Wildman–Crippen MR) is 92.6 cm³/mol. The van der Waals surface area contributed by atoms with Crippen LogP contribution in [0.15, 0.2) is 47.2 Å². The number of benzene rings is 1.